The topological polar surface area (TPSA) is 69.9 Å². The van der Waals surface area contributed by atoms with Crippen molar-refractivity contribution in [1.29, 1.82) is 0 Å². The molecule has 168 valence electrons. The molecule has 0 spiro atoms. The summed E-state index contributed by atoms with van der Waals surface area (Å²) in [6, 6.07) is 16.6. The van der Waals surface area contributed by atoms with Crippen LogP contribution in [-0.4, -0.2) is 24.3 Å². The predicted molar refractivity (Wildman–Crippen MR) is 130 cm³/mol. The lowest BCUT2D eigenvalue weighted by molar-refractivity contribution is -0.139. The molecule has 0 saturated carbocycles. The Labute approximate surface area is 195 Å². The van der Waals surface area contributed by atoms with Crippen LogP contribution in [-0.2, 0) is 9.53 Å². The monoisotopic (exact) mass is 460 g/mol. The molecule has 7 heteroatoms. The van der Waals surface area contributed by atoms with E-state index in [2.05, 4.69) is 4.99 Å². The minimum absolute atomic E-state index is 0.202. The standard InChI is InChI=1S/C26H24N2O4S/c1-4-32-25(30)22-17(2)27-26-28(23(22)19-13-15-20(31-3)16-14-19)24(29)21(33-26)12-8-11-18-9-6-5-7-10-18/h5-16,23H,4H2,1-3H3/b11-8+,21-12-/t23-/m0/s1. The van der Waals surface area contributed by atoms with E-state index in [0.717, 1.165) is 11.1 Å². The van der Waals surface area contributed by atoms with Crippen molar-refractivity contribution in [2.75, 3.05) is 13.7 Å². The van der Waals surface area contributed by atoms with Crippen molar-refractivity contribution < 1.29 is 14.3 Å². The van der Waals surface area contributed by atoms with Crippen molar-refractivity contribution in [3.8, 4) is 5.75 Å². The highest BCUT2D eigenvalue weighted by molar-refractivity contribution is 7.07. The molecule has 1 aromatic heterocycles. The molecule has 1 atom stereocenters. The van der Waals surface area contributed by atoms with Gasteiger partial charge in [-0.25, -0.2) is 9.79 Å². The van der Waals surface area contributed by atoms with Gasteiger partial charge in [0.05, 0.1) is 35.6 Å². The third-order valence-electron chi connectivity index (χ3n) is 5.28. The van der Waals surface area contributed by atoms with Gasteiger partial charge in [0.2, 0.25) is 0 Å². The lowest BCUT2D eigenvalue weighted by atomic mass is 9.96. The highest BCUT2D eigenvalue weighted by Crippen LogP contribution is 2.31. The summed E-state index contributed by atoms with van der Waals surface area (Å²) in [6.45, 7) is 3.76. The van der Waals surface area contributed by atoms with Gasteiger partial charge in [-0.1, -0.05) is 66.0 Å². The highest BCUT2D eigenvalue weighted by Gasteiger charge is 2.33. The van der Waals surface area contributed by atoms with Crippen LogP contribution in [0.4, 0.5) is 0 Å². The number of thiazole rings is 1. The molecule has 0 radical (unpaired) electrons. The normalized spacial score (nSPS) is 16.0. The zero-order valence-electron chi connectivity index (χ0n) is 18.6. The van der Waals surface area contributed by atoms with Crippen LogP contribution >= 0.6 is 11.3 Å². The van der Waals surface area contributed by atoms with Crippen molar-refractivity contribution in [3.05, 3.63) is 103 Å². The second-order valence-corrected chi connectivity index (χ2v) is 8.38. The van der Waals surface area contributed by atoms with Gasteiger partial charge in [-0.3, -0.25) is 9.36 Å². The van der Waals surface area contributed by atoms with Gasteiger partial charge in [0.1, 0.15) is 5.75 Å². The first-order chi connectivity index (χ1) is 16.0. The molecular formula is C26H24N2O4S. The van der Waals surface area contributed by atoms with Gasteiger partial charge in [0.15, 0.2) is 4.80 Å². The lowest BCUT2D eigenvalue weighted by Gasteiger charge is -2.24. The summed E-state index contributed by atoms with van der Waals surface area (Å²) >= 11 is 1.30. The zero-order chi connectivity index (χ0) is 23.4. The van der Waals surface area contributed by atoms with Crippen molar-refractivity contribution >= 4 is 29.5 Å². The summed E-state index contributed by atoms with van der Waals surface area (Å²) in [7, 11) is 1.59. The number of nitrogens with zero attached hydrogens (tertiary/aromatic N) is 2. The second-order valence-electron chi connectivity index (χ2n) is 7.37. The van der Waals surface area contributed by atoms with Crippen molar-refractivity contribution in [2.24, 2.45) is 4.99 Å². The van der Waals surface area contributed by atoms with E-state index in [0.29, 0.717) is 26.4 Å². The number of allylic oxidation sites excluding steroid dienone is 2. The number of carbonyl (C=O) groups is 1. The van der Waals surface area contributed by atoms with Gasteiger partial charge in [-0.2, -0.15) is 0 Å². The van der Waals surface area contributed by atoms with E-state index >= 15 is 0 Å². The van der Waals surface area contributed by atoms with Crippen LogP contribution in [0, 0.1) is 0 Å². The molecule has 2 aromatic carbocycles. The van der Waals surface area contributed by atoms with Crippen LogP contribution in [0.3, 0.4) is 0 Å². The fourth-order valence-corrected chi connectivity index (χ4v) is 4.72. The fourth-order valence-electron chi connectivity index (χ4n) is 3.72. The number of methoxy groups -OCH3 is 1. The van der Waals surface area contributed by atoms with Gasteiger partial charge in [0, 0.05) is 0 Å². The van der Waals surface area contributed by atoms with Crippen LogP contribution in [0.15, 0.2) is 81.7 Å². The molecule has 0 fully saturated rings. The Balaban J connectivity index is 1.85. The first-order valence-electron chi connectivity index (χ1n) is 10.6. The van der Waals surface area contributed by atoms with E-state index in [-0.39, 0.29) is 12.2 Å². The van der Waals surface area contributed by atoms with Gasteiger partial charge in [-0.05, 0) is 43.2 Å². The van der Waals surface area contributed by atoms with Crippen molar-refractivity contribution in [3.63, 3.8) is 0 Å². The summed E-state index contributed by atoms with van der Waals surface area (Å²) in [5.41, 5.74) is 2.52. The molecule has 0 N–H and O–H groups in total. The summed E-state index contributed by atoms with van der Waals surface area (Å²) in [5.74, 6) is 0.216. The van der Waals surface area contributed by atoms with E-state index in [1.54, 1.807) is 31.6 Å². The van der Waals surface area contributed by atoms with Crippen LogP contribution in [0.5, 0.6) is 5.75 Å². The Morgan fingerprint density at radius 3 is 2.55 bits per heavy atom. The van der Waals surface area contributed by atoms with E-state index in [1.165, 1.54) is 11.3 Å². The SMILES string of the molecule is CCOC(=O)C1=C(C)N=c2s/c(=C\C=C\c3ccccc3)c(=O)n2[C@H]1c1ccc(OC)cc1. The number of rotatable bonds is 6. The number of benzene rings is 2. The molecular weight excluding hydrogens is 436 g/mol. The molecule has 6 nitrogen and oxygen atoms in total. The third-order valence-corrected chi connectivity index (χ3v) is 6.29. The first-order valence-corrected chi connectivity index (χ1v) is 11.4. The van der Waals surface area contributed by atoms with Crippen LogP contribution in [0.2, 0.25) is 0 Å². The summed E-state index contributed by atoms with van der Waals surface area (Å²) < 4.78 is 12.7. The molecule has 0 aliphatic carbocycles. The zero-order valence-corrected chi connectivity index (χ0v) is 19.5. The average Bonchev–Trinajstić information content (AvgIpc) is 3.13. The molecule has 1 aliphatic rings. The van der Waals surface area contributed by atoms with Crippen molar-refractivity contribution in [2.45, 2.75) is 19.9 Å². The Bertz CT molecular complexity index is 1400. The fraction of sp³-hybridized carbons (Fsp3) is 0.192. The number of carbonyl (C=O) groups excluding carboxylic acids is 1. The van der Waals surface area contributed by atoms with E-state index in [9.17, 15) is 9.59 Å². The molecule has 3 aromatic rings. The largest absolute Gasteiger partial charge is 0.497 e. The molecule has 0 amide bonds. The van der Waals surface area contributed by atoms with E-state index in [4.69, 9.17) is 9.47 Å². The Hall–Kier alpha value is -3.71. The predicted octanol–water partition coefficient (Wildman–Crippen LogP) is 3.47. The second kappa shape index (κ2) is 9.83. The minimum atomic E-state index is -0.633. The Morgan fingerprint density at radius 1 is 1.15 bits per heavy atom. The summed E-state index contributed by atoms with van der Waals surface area (Å²) in [6.07, 6.45) is 5.57. The van der Waals surface area contributed by atoms with Gasteiger partial charge >= 0.3 is 5.97 Å². The van der Waals surface area contributed by atoms with Crippen molar-refractivity contribution in [1.82, 2.24) is 4.57 Å². The molecule has 33 heavy (non-hydrogen) atoms. The average molecular weight is 461 g/mol. The lowest BCUT2D eigenvalue weighted by Crippen LogP contribution is -2.39. The maximum Gasteiger partial charge on any atom is 0.338 e. The number of hydrogen-bond donors (Lipinski definition) is 0. The highest BCUT2D eigenvalue weighted by atomic mass is 32.1. The van der Waals surface area contributed by atoms with E-state index < -0.39 is 12.0 Å². The Kier molecular flexibility index (Phi) is 6.70. The van der Waals surface area contributed by atoms with Gasteiger partial charge < -0.3 is 9.47 Å². The third kappa shape index (κ3) is 4.59. The van der Waals surface area contributed by atoms with Gasteiger partial charge in [0.25, 0.3) is 5.56 Å². The smallest absolute Gasteiger partial charge is 0.338 e. The van der Waals surface area contributed by atoms with E-state index in [1.807, 2.05) is 66.7 Å². The number of fused-ring (bicyclic) bond motifs is 1. The minimum Gasteiger partial charge on any atom is -0.497 e. The molecule has 0 unspecified atom stereocenters. The molecule has 0 bridgehead atoms. The Morgan fingerprint density at radius 2 is 1.88 bits per heavy atom. The number of aromatic nitrogens is 1. The van der Waals surface area contributed by atoms with Crippen LogP contribution in [0.25, 0.3) is 12.2 Å². The molecule has 2 heterocycles. The maximum absolute atomic E-state index is 13.4. The van der Waals surface area contributed by atoms with Gasteiger partial charge in [-0.15, -0.1) is 0 Å². The molecule has 1 aliphatic heterocycles. The number of esters is 1. The molecule has 0 saturated heterocycles. The number of ether oxygens (including phenoxy) is 2. The summed E-state index contributed by atoms with van der Waals surface area (Å²) in [5, 5.41) is 0. The quantitative estimate of drug-likeness (QED) is 0.528. The number of hydrogen-bond acceptors (Lipinski definition) is 6. The maximum atomic E-state index is 13.4. The van der Waals surface area contributed by atoms with Crippen LogP contribution < -0.4 is 19.6 Å². The first kappa shape index (κ1) is 22.5. The molecule has 4 rings (SSSR count). The summed E-state index contributed by atoms with van der Waals surface area (Å²) in [4.78, 5) is 31.4. The van der Waals surface area contributed by atoms with Crippen LogP contribution in [0.1, 0.15) is 31.0 Å².